The van der Waals surface area contributed by atoms with Gasteiger partial charge in [0.25, 0.3) is 0 Å². The molecule has 0 aliphatic rings. The number of aromatic nitrogens is 1. The van der Waals surface area contributed by atoms with Gasteiger partial charge >= 0.3 is 6.18 Å². The maximum atomic E-state index is 12.5. The highest BCUT2D eigenvalue weighted by Crippen LogP contribution is 2.29. The van der Waals surface area contributed by atoms with Crippen LogP contribution in [-0.4, -0.2) is 49.1 Å². The summed E-state index contributed by atoms with van der Waals surface area (Å²) in [5.74, 6) is 0.571. The monoisotopic (exact) mass is 507 g/mol. The van der Waals surface area contributed by atoms with Gasteiger partial charge in [0.2, 0.25) is 0 Å². The first-order valence-corrected chi connectivity index (χ1v) is 9.47. The van der Waals surface area contributed by atoms with Crippen molar-refractivity contribution in [2.45, 2.75) is 45.8 Å². The summed E-state index contributed by atoms with van der Waals surface area (Å²) < 4.78 is 37.6. The second-order valence-corrected chi connectivity index (χ2v) is 6.61. The van der Waals surface area contributed by atoms with Gasteiger partial charge in [0.05, 0.1) is 6.54 Å². The summed E-state index contributed by atoms with van der Waals surface area (Å²) in [6.45, 7) is 8.56. The molecule has 0 radical (unpaired) electrons. The van der Waals surface area contributed by atoms with Crippen molar-refractivity contribution in [3.05, 3.63) is 16.1 Å². The normalized spacial score (nSPS) is 12.2. The van der Waals surface area contributed by atoms with Crippen molar-refractivity contribution in [1.29, 1.82) is 0 Å². The van der Waals surface area contributed by atoms with E-state index in [1.807, 2.05) is 0 Å². The third-order valence-electron chi connectivity index (χ3n) is 3.50. The molecule has 0 bridgehead atoms. The second kappa shape index (κ2) is 13.5. The average Bonchev–Trinajstić information content (AvgIpc) is 3.04. The molecule has 0 fully saturated rings. The molecule has 1 aromatic heterocycles. The molecule has 0 aliphatic carbocycles. The predicted octanol–water partition coefficient (Wildman–Crippen LogP) is 3.96. The van der Waals surface area contributed by atoms with Crippen LogP contribution in [0.2, 0.25) is 0 Å². The Balaban J connectivity index is 0.00000625. The molecule has 0 amide bonds. The van der Waals surface area contributed by atoms with Crippen LogP contribution in [0.5, 0.6) is 0 Å². The van der Waals surface area contributed by atoms with Gasteiger partial charge in [-0.25, -0.2) is 4.98 Å². The van der Waals surface area contributed by atoms with Crippen LogP contribution in [-0.2, 0) is 12.7 Å². The van der Waals surface area contributed by atoms with Crippen molar-refractivity contribution in [1.82, 2.24) is 20.5 Å². The Hall–Kier alpha value is -0.620. The van der Waals surface area contributed by atoms with Crippen LogP contribution >= 0.6 is 35.3 Å². The van der Waals surface area contributed by atoms with Gasteiger partial charge in [-0.05, 0) is 38.9 Å². The number of nitrogens with one attached hydrogen (secondary N) is 2. The van der Waals surface area contributed by atoms with E-state index < -0.39 is 11.9 Å². The molecule has 0 atom stereocenters. The van der Waals surface area contributed by atoms with E-state index in [0.717, 1.165) is 62.2 Å². The zero-order valence-corrected chi connectivity index (χ0v) is 18.7. The van der Waals surface area contributed by atoms with Crippen LogP contribution in [0.25, 0.3) is 0 Å². The summed E-state index contributed by atoms with van der Waals surface area (Å²) in [6, 6.07) is 0. The van der Waals surface area contributed by atoms with Crippen molar-refractivity contribution in [2.24, 2.45) is 4.99 Å². The number of rotatable bonds is 10. The fourth-order valence-electron chi connectivity index (χ4n) is 2.38. The van der Waals surface area contributed by atoms with Crippen molar-refractivity contribution in [3.63, 3.8) is 0 Å². The Bertz CT molecular complexity index is 516. The Morgan fingerprint density at radius 1 is 1.19 bits per heavy atom. The molecule has 26 heavy (non-hydrogen) atoms. The molecule has 10 heteroatoms. The smallest absolute Gasteiger partial charge is 0.356 e. The molecule has 1 heterocycles. The molecule has 0 saturated carbocycles. The van der Waals surface area contributed by atoms with Crippen LogP contribution in [0.3, 0.4) is 0 Å². The van der Waals surface area contributed by atoms with E-state index >= 15 is 0 Å². The van der Waals surface area contributed by atoms with Crippen LogP contribution < -0.4 is 10.6 Å². The van der Waals surface area contributed by atoms with Gasteiger partial charge in [-0.15, -0.1) is 35.3 Å². The molecule has 2 N–H and O–H groups in total. The largest absolute Gasteiger partial charge is 0.434 e. The lowest BCUT2D eigenvalue weighted by Gasteiger charge is -2.21. The van der Waals surface area contributed by atoms with E-state index in [2.05, 4.69) is 39.4 Å². The van der Waals surface area contributed by atoms with Crippen LogP contribution in [0.4, 0.5) is 13.2 Å². The van der Waals surface area contributed by atoms with Gasteiger partial charge in [-0.3, -0.25) is 4.99 Å². The third kappa shape index (κ3) is 9.91. The summed E-state index contributed by atoms with van der Waals surface area (Å²) >= 11 is 0.989. The molecule has 0 unspecified atom stereocenters. The van der Waals surface area contributed by atoms with Crippen LogP contribution in [0, 0.1) is 0 Å². The zero-order chi connectivity index (χ0) is 18.7. The Morgan fingerprint density at radius 3 is 2.35 bits per heavy atom. The summed E-state index contributed by atoms with van der Waals surface area (Å²) in [5, 5.41) is 7.59. The summed E-state index contributed by atoms with van der Waals surface area (Å²) in [6.07, 6.45) is -1.12. The van der Waals surface area contributed by atoms with Gasteiger partial charge in [0.15, 0.2) is 11.7 Å². The number of alkyl halides is 3. The molecule has 1 aromatic rings. The lowest BCUT2D eigenvalue weighted by Crippen LogP contribution is -2.38. The number of halogens is 4. The fraction of sp³-hybridized carbons (Fsp3) is 0.750. The predicted molar refractivity (Wildman–Crippen MR) is 112 cm³/mol. The van der Waals surface area contributed by atoms with E-state index in [1.54, 1.807) is 7.05 Å². The molecule has 0 spiro atoms. The molecular weight excluding hydrogens is 478 g/mol. The first-order valence-electron chi connectivity index (χ1n) is 8.59. The zero-order valence-electron chi connectivity index (χ0n) is 15.5. The average molecular weight is 507 g/mol. The molecule has 0 aliphatic heterocycles. The molecule has 1 rings (SSSR count). The minimum Gasteiger partial charge on any atom is -0.356 e. The third-order valence-corrected chi connectivity index (χ3v) is 4.34. The summed E-state index contributed by atoms with van der Waals surface area (Å²) in [7, 11) is 1.64. The highest BCUT2D eigenvalue weighted by molar-refractivity contribution is 14.0. The van der Waals surface area contributed by atoms with Crippen molar-refractivity contribution in [3.8, 4) is 0 Å². The molecule has 0 aromatic carbocycles. The topological polar surface area (TPSA) is 52.5 Å². The first kappa shape index (κ1) is 25.4. The van der Waals surface area contributed by atoms with E-state index in [-0.39, 0.29) is 30.5 Å². The Labute approximate surface area is 174 Å². The number of nitrogens with zero attached hydrogens (tertiary/aromatic N) is 3. The van der Waals surface area contributed by atoms with E-state index in [1.165, 1.54) is 0 Å². The molecule has 152 valence electrons. The molecule has 5 nitrogen and oxygen atoms in total. The van der Waals surface area contributed by atoms with Gasteiger partial charge in [0, 0.05) is 19.0 Å². The maximum Gasteiger partial charge on any atom is 0.434 e. The van der Waals surface area contributed by atoms with Gasteiger partial charge < -0.3 is 15.5 Å². The SMILES string of the molecule is CCCN(CCC)CCCNC(=NC)NCc1nc(C(F)(F)F)cs1.I. The number of hydrogen-bond donors (Lipinski definition) is 2. The highest BCUT2D eigenvalue weighted by atomic mass is 127. The standard InChI is InChI=1S/C16H28F3N5S.HI/c1-4-8-24(9-5-2)10-6-7-21-15(20-3)22-11-14-23-13(12-25-14)16(17,18)19;/h12H,4-11H2,1-3H3,(H2,20,21,22);1H. The number of guanidine groups is 1. The lowest BCUT2D eigenvalue weighted by atomic mass is 10.3. The van der Waals surface area contributed by atoms with Crippen LogP contribution in [0.1, 0.15) is 43.8 Å². The Morgan fingerprint density at radius 2 is 1.85 bits per heavy atom. The van der Waals surface area contributed by atoms with E-state index in [0.29, 0.717) is 11.0 Å². The van der Waals surface area contributed by atoms with Gasteiger partial charge in [-0.1, -0.05) is 13.8 Å². The Kier molecular flexibility index (Phi) is 13.2. The number of aliphatic imine (C=N–C) groups is 1. The lowest BCUT2D eigenvalue weighted by molar-refractivity contribution is -0.140. The van der Waals surface area contributed by atoms with E-state index in [4.69, 9.17) is 0 Å². The minimum atomic E-state index is -4.39. The maximum absolute atomic E-state index is 12.5. The minimum absolute atomic E-state index is 0. The van der Waals surface area contributed by atoms with Crippen molar-refractivity contribution < 1.29 is 13.2 Å². The van der Waals surface area contributed by atoms with Crippen molar-refractivity contribution >= 4 is 41.3 Å². The van der Waals surface area contributed by atoms with Gasteiger partial charge in [0.1, 0.15) is 5.01 Å². The highest BCUT2D eigenvalue weighted by Gasteiger charge is 2.33. The molecular formula is C16H29F3IN5S. The quantitative estimate of drug-likeness (QED) is 0.218. The fourth-order valence-corrected chi connectivity index (χ4v) is 3.12. The van der Waals surface area contributed by atoms with Crippen LogP contribution in [0.15, 0.2) is 10.4 Å². The summed E-state index contributed by atoms with van der Waals surface area (Å²) in [4.78, 5) is 10.1. The van der Waals surface area contributed by atoms with E-state index in [9.17, 15) is 13.2 Å². The van der Waals surface area contributed by atoms with Gasteiger partial charge in [-0.2, -0.15) is 13.2 Å². The number of thiazole rings is 1. The second-order valence-electron chi connectivity index (χ2n) is 5.67. The molecule has 0 saturated heterocycles. The number of hydrogen-bond acceptors (Lipinski definition) is 4. The van der Waals surface area contributed by atoms with Crippen molar-refractivity contribution in [2.75, 3.05) is 33.2 Å². The summed E-state index contributed by atoms with van der Waals surface area (Å²) in [5.41, 5.74) is -0.843. The first-order chi connectivity index (χ1) is 11.9.